The van der Waals surface area contributed by atoms with Gasteiger partial charge >= 0.3 is 12.0 Å². The molecule has 6 nitrogen and oxygen atoms in total. The summed E-state index contributed by atoms with van der Waals surface area (Å²) in [5.41, 5.74) is 0. The average Bonchev–Trinajstić information content (AvgIpc) is 2.56. The lowest BCUT2D eigenvalue weighted by molar-refractivity contribution is -0.139. The average molecular weight is 243 g/mol. The van der Waals surface area contributed by atoms with Crippen LogP contribution >= 0.6 is 0 Å². The van der Waals surface area contributed by atoms with Crippen molar-refractivity contribution in [3.63, 3.8) is 0 Å². The summed E-state index contributed by atoms with van der Waals surface area (Å²) in [4.78, 5) is 24.5. The summed E-state index contributed by atoms with van der Waals surface area (Å²) in [5, 5.41) is 14.7. The highest BCUT2D eigenvalue weighted by atomic mass is 16.4. The summed E-state index contributed by atoms with van der Waals surface area (Å²) in [6.07, 6.45) is 2.10. The van der Waals surface area contributed by atoms with Gasteiger partial charge in [-0.3, -0.25) is 0 Å². The first-order valence-corrected chi connectivity index (χ1v) is 6.14. The highest BCUT2D eigenvalue weighted by molar-refractivity contribution is 5.82. The molecule has 0 bridgehead atoms. The molecule has 0 radical (unpaired) electrons. The van der Waals surface area contributed by atoms with E-state index in [4.69, 9.17) is 5.11 Å². The summed E-state index contributed by atoms with van der Waals surface area (Å²) in [6, 6.07) is -1.04. The van der Waals surface area contributed by atoms with Gasteiger partial charge in [-0.25, -0.2) is 9.59 Å². The normalized spacial score (nSPS) is 18.3. The van der Waals surface area contributed by atoms with Crippen LogP contribution in [0.25, 0.3) is 0 Å². The number of aliphatic carboxylic acids is 1. The fraction of sp³-hybridized carbons (Fsp3) is 0.818. The van der Waals surface area contributed by atoms with Gasteiger partial charge in [-0.2, -0.15) is 0 Å². The first kappa shape index (κ1) is 13.8. The van der Waals surface area contributed by atoms with Gasteiger partial charge in [0.2, 0.25) is 0 Å². The first-order valence-electron chi connectivity index (χ1n) is 6.14. The second-order valence-electron chi connectivity index (χ2n) is 4.22. The Balaban J connectivity index is 2.47. The Morgan fingerprint density at radius 2 is 2.18 bits per heavy atom. The lowest BCUT2D eigenvalue weighted by Crippen LogP contribution is -2.48. The van der Waals surface area contributed by atoms with Gasteiger partial charge in [0.1, 0.15) is 6.04 Å². The van der Waals surface area contributed by atoms with Crippen LogP contribution in [0.2, 0.25) is 0 Å². The molecule has 0 aromatic heterocycles. The molecule has 1 fully saturated rings. The molecule has 1 aliphatic rings. The minimum atomic E-state index is -0.965. The fourth-order valence-electron chi connectivity index (χ4n) is 1.84. The highest BCUT2D eigenvalue weighted by Crippen LogP contribution is 2.01. The summed E-state index contributed by atoms with van der Waals surface area (Å²) in [5.74, 6) is -0.965. The van der Waals surface area contributed by atoms with Gasteiger partial charge in [0.05, 0.1) is 0 Å². The maximum atomic E-state index is 11.9. The van der Waals surface area contributed by atoms with Crippen LogP contribution in [0.1, 0.15) is 26.2 Å². The monoisotopic (exact) mass is 243 g/mol. The van der Waals surface area contributed by atoms with Gasteiger partial charge in [-0.1, -0.05) is 13.3 Å². The van der Waals surface area contributed by atoms with Gasteiger partial charge in [-0.15, -0.1) is 0 Å². The van der Waals surface area contributed by atoms with E-state index in [2.05, 4.69) is 10.6 Å². The van der Waals surface area contributed by atoms with Crippen molar-refractivity contribution in [2.75, 3.05) is 26.2 Å². The van der Waals surface area contributed by atoms with Crippen LogP contribution in [0.5, 0.6) is 0 Å². The lowest BCUT2D eigenvalue weighted by atomic mass is 10.2. The molecule has 1 saturated heterocycles. The third-order valence-corrected chi connectivity index (χ3v) is 2.80. The number of carboxylic acid groups (broad SMARTS) is 1. The number of hydrogen-bond acceptors (Lipinski definition) is 3. The number of carboxylic acids is 1. The minimum absolute atomic E-state index is 0.269. The van der Waals surface area contributed by atoms with Crippen molar-refractivity contribution in [1.82, 2.24) is 15.5 Å². The maximum Gasteiger partial charge on any atom is 0.326 e. The Labute approximate surface area is 101 Å². The molecule has 1 heterocycles. The standard InChI is InChI=1S/C11H21N3O3/c1-2-4-9(10(15)16)13-11(17)14-7-3-5-12-6-8-14/h9,12H,2-8H2,1H3,(H,13,17)(H,15,16)/t9-/m0/s1. The van der Waals surface area contributed by atoms with Crippen molar-refractivity contribution in [2.24, 2.45) is 0 Å². The molecule has 0 aliphatic carbocycles. The van der Waals surface area contributed by atoms with Gasteiger partial charge in [-0.05, 0) is 19.4 Å². The van der Waals surface area contributed by atoms with E-state index in [0.29, 0.717) is 19.5 Å². The van der Waals surface area contributed by atoms with Gasteiger partial charge in [0.25, 0.3) is 0 Å². The number of rotatable bonds is 4. The Morgan fingerprint density at radius 3 is 2.82 bits per heavy atom. The highest BCUT2D eigenvalue weighted by Gasteiger charge is 2.22. The summed E-state index contributed by atoms with van der Waals surface area (Å²) >= 11 is 0. The number of amides is 2. The molecule has 17 heavy (non-hydrogen) atoms. The van der Waals surface area contributed by atoms with Crippen LogP contribution in [-0.2, 0) is 4.79 Å². The van der Waals surface area contributed by atoms with E-state index in [0.717, 1.165) is 25.9 Å². The zero-order valence-electron chi connectivity index (χ0n) is 10.2. The smallest absolute Gasteiger partial charge is 0.326 e. The van der Waals surface area contributed by atoms with Crippen LogP contribution in [-0.4, -0.2) is 54.2 Å². The van der Waals surface area contributed by atoms with Crippen LogP contribution in [0, 0.1) is 0 Å². The predicted molar refractivity (Wildman–Crippen MR) is 63.9 cm³/mol. The van der Waals surface area contributed by atoms with E-state index < -0.39 is 12.0 Å². The molecular weight excluding hydrogens is 222 g/mol. The van der Waals surface area contributed by atoms with Crippen LogP contribution in [0.4, 0.5) is 4.79 Å². The van der Waals surface area contributed by atoms with Crippen LogP contribution in [0.15, 0.2) is 0 Å². The third kappa shape index (κ3) is 4.60. The molecule has 0 spiro atoms. The summed E-state index contributed by atoms with van der Waals surface area (Å²) in [7, 11) is 0. The van der Waals surface area contributed by atoms with Crippen molar-refractivity contribution >= 4 is 12.0 Å². The van der Waals surface area contributed by atoms with Crippen molar-refractivity contribution in [3.05, 3.63) is 0 Å². The molecule has 98 valence electrons. The number of nitrogens with one attached hydrogen (secondary N) is 2. The van der Waals surface area contributed by atoms with E-state index in [1.165, 1.54) is 0 Å². The molecule has 3 N–H and O–H groups in total. The Bertz CT molecular complexity index is 263. The number of nitrogens with zero attached hydrogens (tertiary/aromatic N) is 1. The molecule has 1 aliphatic heterocycles. The van der Waals surface area contributed by atoms with E-state index in [-0.39, 0.29) is 6.03 Å². The molecule has 0 aromatic rings. The van der Waals surface area contributed by atoms with Gasteiger partial charge in [0.15, 0.2) is 0 Å². The maximum absolute atomic E-state index is 11.9. The van der Waals surface area contributed by atoms with Gasteiger partial charge < -0.3 is 20.6 Å². The van der Waals surface area contributed by atoms with Crippen molar-refractivity contribution in [2.45, 2.75) is 32.2 Å². The second kappa shape index (κ2) is 7.11. The Kier molecular flexibility index (Phi) is 5.76. The lowest BCUT2D eigenvalue weighted by Gasteiger charge is -2.23. The third-order valence-electron chi connectivity index (χ3n) is 2.80. The Hall–Kier alpha value is -1.30. The Morgan fingerprint density at radius 1 is 1.41 bits per heavy atom. The van der Waals surface area contributed by atoms with Crippen molar-refractivity contribution < 1.29 is 14.7 Å². The molecule has 0 unspecified atom stereocenters. The second-order valence-corrected chi connectivity index (χ2v) is 4.22. The molecule has 2 amide bonds. The summed E-state index contributed by atoms with van der Waals surface area (Å²) in [6.45, 7) is 4.87. The van der Waals surface area contributed by atoms with E-state index in [1.807, 2.05) is 6.92 Å². The zero-order chi connectivity index (χ0) is 12.7. The van der Waals surface area contributed by atoms with Crippen LogP contribution in [0.3, 0.4) is 0 Å². The molecule has 1 atom stereocenters. The van der Waals surface area contributed by atoms with E-state index >= 15 is 0 Å². The van der Waals surface area contributed by atoms with Crippen LogP contribution < -0.4 is 10.6 Å². The topological polar surface area (TPSA) is 81.7 Å². The molecule has 0 aromatic carbocycles. The van der Waals surface area contributed by atoms with Gasteiger partial charge in [0, 0.05) is 19.6 Å². The molecular formula is C11H21N3O3. The summed E-state index contributed by atoms with van der Waals surface area (Å²) < 4.78 is 0. The SMILES string of the molecule is CCC[C@H](NC(=O)N1CCCNCC1)C(=O)O. The van der Waals surface area contributed by atoms with E-state index in [9.17, 15) is 9.59 Å². The molecule has 1 rings (SSSR count). The quantitative estimate of drug-likeness (QED) is 0.661. The first-order chi connectivity index (χ1) is 8.15. The fourth-order valence-corrected chi connectivity index (χ4v) is 1.84. The minimum Gasteiger partial charge on any atom is -0.480 e. The number of carbonyl (C=O) groups is 2. The number of hydrogen-bond donors (Lipinski definition) is 3. The number of carbonyl (C=O) groups excluding carboxylic acids is 1. The van der Waals surface area contributed by atoms with Crippen molar-refractivity contribution in [1.29, 1.82) is 0 Å². The largest absolute Gasteiger partial charge is 0.480 e. The van der Waals surface area contributed by atoms with E-state index in [1.54, 1.807) is 4.90 Å². The van der Waals surface area contributed by atoms with Crippen molar-refractivity contribution in [3.8, 4) is 0 Å². The molecule has 6 heteroatoms. The zero-order valence-corrected chi connectivity index (χ0v) is 10.2. The molecule has 0 saturated carbocycles. The predicted octanol–water partition coefficient (Wildman–Crippen LogP) is 0.245. The number of urea groups is 1.